The number of alkyl halides is 3. The number of nitrogens with one attached hydrogen (secondary N) is 1. The van der Waals surface area contributed by atoms with Gasteiger partial charge in [-0.05, 0) is 30.3 Å². The maximum atomic E-state index is 12.8. The predicted molar refractivity (Wildman–Crippen MR) is 74.1 cm³/mol. The molecule has 2 aromatic rings. The van der Waals surface area contributed by atoms with Crippen LogP contribution in [0.1, 0.15) is 11.1 Å². The number of nitrogens with zero attached hydrogens (tertiary/aromatic N) is 1. The minimum atomic E-state index is -4.45. The Morgan fingerprint density at radius 1 is 1.05 bits per heavy atom. The van der Waals surface area contributed by atoms with Crippen LogP contribution < -0.4 is 5.43 Å². The summed E-state index contributed by atoms with van der Waals surface area (Å²) >= 11 is 5.71. The molecule has 0 heterocycles. The number of hydrogen-bond acceptors (Lipinski definition) is 2. The number of anilines is 1. The van der Waals surface area contributed by atoms with Crippen LogP contribution in [0.15, 0.2) is 53.6 Å². The van der Waals surface area contributed by atoms with Crippen molar-refractivity contribution in [1.82, 2.24) is 0 Å². The van der Waals surface area contributed by atoms with Gasteiger partial charge >= 0.3 is 6.18 Å². The Balaban J connectivity index is 2.22. The summed E-state index contributed by atoms with van der Waals surface area (Å²) in [5.41, 5.74) is 2.46. The average Bonchev–Trinajstić information content (AvgIpc) is 2.38. The van der Waals surface area contributed by atoms with E-state index in [1.165, 1.54) is 12.1 Å². The maximum Gasteiger partial charge on any atom is 0.417 e. The molecule has 0 amide bonds. The molecule has 0 saturated heterocycles. The van der Waals surface area contributed by atoms with Crippen molar-refractivity contribution in [3.05, 3.63) is 64.7 Å². The van der Waals surface area contributed by atoms with Crippen molar-refractivity contribution in [2.45, 2.75) is 6.18 Å². The number of hydrazone groups is 1. The Bertz CT molecular complexity index is 610. The van der Waals surface area contributed by atoms with Gasteiger partial charge in [-0.15, -0.1) is 0 Å². The Morgan fingerprint density at radius 2 is 1.75 bits per heavy atom. The lowest BCUT2D eigenvalue weighted by Crippen LogP contribution is -2.09. The quantitative estimate of drug-likeness (QED) is 0.638. The summed E-state index contributed by atoms with van der Waals surface area (Å²) in [5.74, 6) is 0. The SMILES string of the molecule is FC(F)(F)c1ccc(Cl)cc1C=NNc1ccccc1. The molecule has 0 fully saturated rings. The van der Waals surface area contributed by atoms with Crippen molar-refractivity contribution < 1.29 is 13.2 Å². The van der Waals surface area contributed by atoms with E-state index >= 15 is 0 Å². The molecule has 0 aliphatic rings. The van der Waals surface area contributed by atoms with E-state index in [9.17, 15) is 13.2 Å². The van der Waals surface area contributed by atoms with E-state index in [4.69, 9.17) is 11.6 Å². The Morgan fingerprint density at radius 3 is 2.40 bits per heavy atom. The van der Waals surface area contributed by atoms with Crippen molar-refractivity contribution in [2.75, 3.05) is 5.43 Å². The van der Waals surface area contributed by atoms with Crippen LogP contribution in [0, 0.1) is 0 Å². The average molecular weight is 299 g/mol. The van der Waals surface area contributed by atoms with Gasteiger partial charge in [0.15, 0.2) is 0 Å². The molecule has 0 atom stereocenters. The van der Waals surface area contributed by atoms with Crippen LogP contribution in [0.4, 0.5) is 18.9 Å². The number of benzene rings is 2. The van der Waals surface area contributed by atoms with Crippen LogP contribution in [0.5, 0.6) is 0 Å². The normalized spacial score (nSPS) is 11.8. The molecule has 2 rings (SSSR count). The molecule has 0 aliphatic heterocycles. The number of hydrogen-bond donors (Lipinski definition) is 1. The fraction of sp³-hybridized carbons (Fsp3) is 0.0714. The molecule has 0 aliphatic carbocycles. The van der Waals surface area contributed by atoms with Crippen LogP contribution >= 0.6 is 11.6 Å². The van der Waals surface area contributed by atoms with Gasteiger partial charge in [0.2, 0.25) is 0 Å². The van der Waals surface area contributed by atoms with Crippen molar-refractivity contribution >= 4 is 23.5 Å². The Labute approximate surface area is 118 Å². The van der Waals surface area contributed by atoms with Crippen LogP contribution in [-0.2, 0) is 6.18 Å². The predicted octanol–water partition coefficient (Wildman–Crippen LogP) is 4.80. The maximum absolute atomic E-state index is 12.8. The summed E-state index contributed by atoms with van der Waals surface area (Å²) in [6.45, 7) is 0. The second kappa shape index (κ2) is 5.96. The van der Waals surface area contributed by atoms with Gasteiger partial charge in [0.1, 0.15) is 0 Å². The highest BCUT2D eigenvalue weighted by Crippen LogP contribution is 2.32. The first kappa shape index (κ1) is 14.4. The molecule has 0 spiro atoms. The zero-order chi connectivity index (χ0) is 14.6. The minimum absolute atomic E-state index is 0.0894. The number of para-hydroxylation sites is 1. The molecule has 0 saturated carbocycles. The highest BCUT2D eigenvalue weighted by molar-refractivity contribution is 6.30. The molecule has 1 N–H and O–H groups in total. The summed E-state index contributed by atoms with van der Waals surface area (Å²) < 4.78 is 38.4. The standard InChI is InChI=1S/C14H10ClF3N2/c15-11-6-7-13(14(16,17)18)10(8-11)9-19-20-12-4-2-1-3-5-12/h1-9,20H. The summed E-state index contributed by atoms with van der Waals surface area (Å²) in [6.07, 6.45) is -3.35. The molecule has 0 bridgehead atoms. The Kier molecular flexibility index (Phi) is 4.29. The highest BCUT2D eigenvalue weighted by atomic mass is 35.5. The fourth-order valence-electron chi connectivity index (χ4n) is 1.59. The molecule has 0 aromatic heterocycles. The first-order chi connectivity index (χ1) is 9.47. The molecule has 0 radical (unpaired) electrons. The van der Waals surface area contributed by atoms with Crippen LogP contribution in [0.3, 0.4) is 0 Å². The lowest BCUT2D eigenvalue weighted by atomic mass is 10.1. The first-order valence-electron chi connectivity index (χ1n) is 5.68. The second-order valence-electron chi connectivity index (χ2n) is 3.97. The summed E-state index contributed by atoms with van der Waals surface area (Å²) in [6, 6.07) is 12.3. The van der Waals surface area contributed by atoms with Crippen molar-refractivity contribution in [1.29, 1.82) is 0 Å². The van der Waals surface area contributed by atoms with Gasteiger partial charge in [0, 0.05) is 10.6 Å². The lowest BCUT2D eigenvalue weighted by molar-refractivity contribution is -0.137. The first-order valence-corrected chi connectivity index (χ1v) is 6.05. The molecule has 2 nitrogen and oxygen atoms in total. The Hall–Kier alpha value is -2.01. The molecule has 6 heteroatoms. The van der Waals surface area contributed by atoms with Crippen LogP contribution in [0.2, 0.25) is 5.02 Å². The van der Waals surface area contributed by atoms with Gasteiger partial charge in [0.25, 0.3) is 0 Å². The van der Waals surface area contributed by atoms with Crippen LogP contribution in [-0.4, -0.2) is 6.21 Å². The van der Waals surface area contributed by atoms with Gasteiger partial charge < -0.3 is 0 Å². The van der Waals surface area contributed by atoms with Gasteiger partial charge in [-0.25, -0.2) is 0 Å². The topological polar surface area (TPSA) is 24.4 Å². The molecule has 0 unspecified atom stereocenters. The van der Waals surface area contributed by atoms with Gasteiger partial charge in [0.05, 0.1) is 17.5 Å². The lowest BCUT2D eigenvalue weighted by Gasteiger charge is -2.10. The monoisotopic (exact) mass is 298 g/mol. The third kappa shape index (κ3) is 3.74. The third-order valence-electron chi connectivity index (χ3n) is 2.49. The fourth-order valence-corrected chi connectivity index (χ4v) is 1.77. The van der Waals surface area contributed by atoms with Crippen LogP contribution in [0.25, 0.3) is 0 Å². The van der Waals surface area contributed by atoms with Crippen molar-refractivity contribution in [3.63, 3.8) is 0 Å². The van der Waals surface area contributed by atoms with E-state index in [1.807, 2.05) is 6.07 Å². The summed E-state index contributed by atoms with van der Waals surface area (Å²) in [7, 11) is 0. The van der Waals surface area contributed by atoms with Gasteiger partial charge in [-0.2, -0.15) is 18.3 Å². The molecular weight excluding hydrogens is 289 g/mol. The number of halogens is 4. The van der Waals surface area contributed by atoms with E-state index in [-0.39, 0.29) is 10.6 Å². The largest absolute Gasteiger partial charge is 0.417 e. The van der Waals surface area contributed by atoms with E-state index < -0.39 is 11.7 Å². The van der Waals surface area contributed by atoms with E-state index in [0.717, 1.165) is 12.3 Å². The molecule has 104 valence electrons. The summed E-state index contributed by atoms with van der Waals surface area (Å²) in [5, 5.41) is 4.01. The smallest absolute Gasteiger partial charge is 0.279 e. The van der Waals surface area contributed by atoms with E-state index in [2.05, 4.69) is 10.5 Å². The molecule has 2 aromatic carbocycles. The number of rotatable bonds is 3. The summed E-state index contributed by atoms with van der Waals surface area (Å²) in [4.78, 5) is 0. The zero-order valence-electron chi connectivity index (χ0n) is 10.2. The highest BCUT2D eigenvalue weighted by Gasteiger charge is 2.32. The van der Waals surface area contributed by atoms with Gasteiger partial charge in [-0.1, -0.05) is 29.8 Å². The van der Waals surface area contributed by atoms with E-state index in [1.54, 1.807) is 24.3 Å². The second-order valence-corrected chi connectivity index (χ2v) is 4.40. The van der Waals surface area contributed by atoms with Gasteiger partial charge in [-0.3, -0.25) is 5.43 Å². The third-order valence-corrected chi connectivity index (χ3v) is 2.73. The van der Waals surface area contributed by atoms with Crippen molar-refractivity contribution in [2.24, 2.45) is 5.10 Å². The molecular formula is C14H10ClF3N2. The minimum Gasteiger partial charge on any atom is -0.279 e. The van der Waals surface area contributed by atoms with E-state index in [0.29, 0.717) is 5.69 Å². The van der Waals surface area contributed by atoms with Crippen molar-refractivity contribution in [3.8, 4) is 0 Å². The zero-order valence-corrected chi connectivity index (χ0v) is 10.9. The molecule has 20 heavy (non-hydrogen) atoms.